The molecule has 1 heterocycles. The number of nitro groups is 1. The van der Waals surface area contributed by atoms with E-state index in [2.05, 4.69) is 15.5 Å². The predicted octanol–water partition coefficient (Wildman–Crippen LogP) is 4.09. The van der Waals surface area contributed by atoms with Crippen LogP contribution >= 0.6 is 0 Å². The average Bonchev–Trinajstić information content (AvgIpc) is 3.18. The van der Waals surface area contributed by atoms with Crippen molar-refractivity contribution in [2.24, 2.45) is 5.92 Å². The quantitative estimate of drug-likeness (QED) is 0.455. The summed E-state index contributed by atoms with van der Waals surface area (Å²) in [6, 6.07) is 15.2. The number of carbonyl (C=O) groups is 1. The van der Waals surface area contributed by atoms with Gasteiger partial charge in [-0.2, -0.15) is 4.98 Å². The van der Waals surface area contributed by atoms with Crippen molar-refractivity contribution in [1.29, 1.82) is 0 Å². The molecule has 0 radical (unpaired) electrons. The lowest BCUT2D eigenvalue weighted by Gasteiger charge is -2.16. The van der Waals surface area contributed by atoms with Crippen LogP contribution in [0.3, 0.4) is 0 Å². The summed E-state index contributed by atoms with van der Waals surface area (Å²) >= 11 is 0. The summed E-state index contributed by atoms with van der Waals surface area (Å²) < 4.78 is 5.43. The van der Waals surface area contributed by atoms with Crippen LogP contribution in [0.1, 0.15) is 37.8 Å². The van der Waals surface area contributed by atoms with Crippen LogP contribution in [-0.2, 0) is 11.2 Å². The minimum absolute atomic E-state index is 0.0135. The molecule has 0 fully saturated rings. The van der Waals surface area contributed by atoms with Crippen LogP contribution in [0.15, 0.2) is 59.1 Å². The number of nitrogens with one attached hydrogen (secondary N) is 1. The van der Waals surface area contributed by atoms with Crippen LogP contribution in [0, 0.1) is 16.0 Å². The van der Waals surface area contributed by atoms with E-state index in [1.54, 1.807) is 12.1 Å². The fourth-order valence-electron chi connectivity index (χ4n) is 2.90. The first-order valence-corrected chi connectivity index (χ1v) is 9.34. The zero-order chi connectivity index (χ0) is 20.8. The molecule has 3 rings (SSSR count). The molecule has 8 heteroatoms. The number of aromatic nitrogens is 2. The molecular weight excluding hydrogens is 372 g/mol. The summed E-state index contributed by atoms with van der Waals surface area (Å²) in [5, 5.41) is 17.8. The first kappa shape index (κ1) is 20.2. The molecule has 8 nitrogen and oxygen atoms in total. The lowest BCUT2D eigenvalue weighted by molar-refractivity contribution is -0.384. The van der Waals surface area contributed by atoms with Crippen LogP contribution in [0.25, 0.3) is 11.4 Å². The number of amides is 1. The molecule has 1 amide bonds. The predicted molar refractivity (Wildman–Crippen MR) is 107 cm³/mol. The summed E-state index contributed by atoms with van der Waals surface area (Å²) in [7, 11) is 0. The molecule has 0 spiro atoms. The van der Waals surface area contributed by atoms with E-state index in [4.69, 9.17) is 4.52 Å². The molecule has 0 bridgehead atoms. The van der Waals surface area contributed by atoms with Crippen LogP contribution < -0.4 is 5.32 Å². The molecule has 1 unspecified atom stereocenters. The molecule has 0 aliphatic carbocycles. The van der Waals surface area contributed by atoms with Crippen LogP contribution in [0.4, 0.5) is 5.69 Å². The maximum atomic E-state index is 12.3. The van der Waals surface area contributed by atoms with E-state index in [9.17, 15) is 14.9 Å². The Morgan fingerprint density at radius 1 is 1.14 bits per heavy atom. The molecule has 150 valence electrons. The SMILES string of the molecule is CC(C)CC(=O)NC(Cc1ccccc1)c1nc(-c2ccc([N+](=O)[O-])cc2)no1. The molecule has 0 saturated heterocycles. The zero-order valence-electron chi connectivity index (χ0n) is 16.2. The lowest BCUT2D eigenvalue weighted by atomic mass is 10.0. The molecule has 0 saturated carbocycles. The van der Waals surface area contributed by atoms with Crippen molar-refractivity contribution in [3.8, 4) is 11.4 Å². The number of carbonyl (C=O) groups excluding carboxylic acids is 1. The molecule has 29 heavy (non-hydrogen) atoms. The van der Waals surface area contributed by atoms with Gasteiger partial charge in [-0.1, -0.05) is 49.3 Å². The third kappa shape index (κ3) is 5.47. The summed E-state index contributed by atoms with van der Waals surface area (Å²) in [6.45, 7) is 3.95. The first-order valence-electron chi connectivity index (χ1n) is 9.34. The Morgan fingerprint density at radius 3 is 2.45 bits per heavy atom. The Labute approximate surface area is 168 Å². The highest BCUT2D eigenvalue weighted by Gasteiger charge is 2.23. The number of hydrogen-bond acceptors (Lipinski definition) is 6. The number of hydrogen-bond donors (Lipinski definition) is 1. The van der Waals surface area contributed by atoms with Gasteiger partial charge in [0.25, 0.3) is 5.69 Å². The second-order valence-electron chi connectivity index (χ2n) is 7.17. The van der Waals surface area contributed by atoms with Crippen LogP contribution in [0.5, 0.6) is 0 Å². The summed E-state index contributed by atoms with van der Waals surface area (Å²) in [5.41, 5.74) is 1.61. The molecule has 1 atom stereocenters. The fraction of sp³-hybridized carbons (Fsp3) is 0.286. The highest BCUT2D eigenvalue weighted by atomic mass is 16.6. The van der Waals surface area contributed by atoms with E-state index in [1.807, 2.05) is 44.2 Å². The van der Waals surface area contributed by atoms with Crippen LogP contribution in [0.2, 0.25) is 0 Å². The molecule has 0 aliphatic rings. The molecule has 1 N–H and O–H groups in total. The van der Waals surface area contributed by atoms with Gasteiger partial charge in [0.05, 0.1) is 4.92 Å². The van der Waals surface area contributed by atoms with E-state index < -0.39 is 11.0 Å². The number of nitro benzene ring substituents is 1. The van der Waals surface area contributed by atoms with E-state index in [-0.39, 0.29) is 17.5 Å². The van der Waals surface area contributed by atoms with Gasteiger partial charge in [0.1, 0.15) is 6.04 Å². The molecular formula is C21H22N4O4. The number of rotatable bonds is 8. The topological polar surface area (TPSA) is 111 Å². The van der Waals surface area contributed by atoms with Gasteiger partial charge >= 0.3 is 0 Å². The van der Waals surface area contributed by atoms with Crippen molar-refractivity contribution in [2.75, 3.05) is 0 Å². The molecule has 2 aromatic carbocycles. The highest BCUT2D eigenvalue weighted by Crippen LogP contribution is 2.23. The van der Waals surface area contributed by atoms with Crippen LogP contribution in [-0.4, -0.2) is 21.0 Å². The first-order chi connectivity index (χ1) is 13.9. The average molecular weight is 394 g/mol. The standard InChI is InChI=1S/C21H22N4O4/c1-14(2)12-19(26)22-18(13-15-6-4-3-5-7-15)21-23-20(24-29-21)16-8-10-17(11-9-16)25(27)28/h3-11,14,18H,12-13H2,1-2H3,(H,22,26). The molecule has 3 aromatic rings. The zero-order valence-corrected chi connectivity index (χ0v) is 16.2. The number of non-ortho nitro benzene ring substituents is 1. The van der Waals surface area contributed by atoms with Gasteiger partial charge in [-0.3, -0.25) is 14.9 Å². The Balaban J connectivity index is 1.83. The van der Waals surface area contributed by atoms with Gasteiger partial charge in [0.2, 0.25) is 17.6 Å². The molecule has 0 aliphatic heterocycles. The second kappa shape index (κ2) is 9.09. The summed E-state index contributed by atoms with van der Waals surface area (Å²) in [5.74, 6) is 0.743. The van der Waals surface area contributed by atoms with E-state index >= 15 is 0 Å². The van der Waals surface area contributed by atoms with Crippen molar-refractivity contribution in [2.45, 2.75) is 32.7 Å². The summed E-state index contributed by atoms with van der Waals surface area (Å²) in [6.07, 6.45) is 0.904. The normalized spacial score (nSPS) is 12.0. The van der Waals surface area contributed by atoms with Crippen molar-refractivity contribution in [3.05, 3.63) is 76.2 Å². The minimum atomic E-state index is -0.469. The smallest absolute Gasteiger partial charge is 0.269 e. The Kier molecular flexibility index (Phi) is 6.33. The highest BCUT2D eigenvalue weighted by molar-refractivity contribution is 5.76. The van der Waals surface area contributed by atoms with Gasteiger partial charge in [0, 0.05) is 30.5 Å². The van der Waals surface area contributed by atoms with Gasteiger partial charge in [0.15, 0.2) is 0 Å². The third-order valence-corrected chi connectivity index (χ3v) is 4.29. The van der Waals surface area contributed by atoms with Gasteiger partial charge < -0.3 is 9.84 Å². The van der Waals surface area contributed by atoms with Crippen molar-refractivity contribution < 1.29 is 14.2 Å². The maximum absolute atomic E-state index is 12.3. The maximum Gasteiger partial charge on any atom is 0.269 e. The number of benzene rings is 2. The van der Waals surface area contributed by atoms with E-state index in [0.29, 0.717) is 30.1 Å². The van der Waals surface area contributed by atoms with Gasteiger partial charge in [-0.25, -0.2) is 0 Å². The van der Waals surface area contributed by atoms with Gasteiger partial charge in [-0.15, -0.1) is 0 Å². The van der Waals surface area contributed by atoms with Crippen molar-refractivity contribution >= 4 is 11.6 Å². The van der Waals surface area contributed by atoms with E-state index in [1.165, 1.54) is 12.1 Å². The van der Waals surface area contributed by atoms with Crippen molar-refractivity contribution in [3.63, 3.8) is 0 Å². The second-order valence-corrected chi connectivity index (χ2v) is 7.17. The van der Waals surface area contributed by atoms with Gasteiger partial charge in [-0.05, 0) is 23.6 Å². The third-order valence-electron chi connectivity index (χ3n) is 4.29. The Morgan fingerprint density at radius 2 is 1.83 bits per heavy atom. The Bertz CT molecular complexity index is 968. The largest absolute Gasteiger partial charge is 0.344 e. The number of nitrogens with zero attached hydrogens (tertiary/aromatic N) is 3. The molecule has 1 aromatic heterocycles. The monoisotopic (exact) mass is 394 g/mol. The van der Waals surface area contributed by atoms with E-state index in [0.717, 1.165) is 5.56 Å². The summed E-state index contributed by atoms with van der Waals surface area (Å²) in [4.78, 5) is 27.1. The fourth-order valence-corrected chi connectivity index (χ4v) is 2.90. The minimum Gasteiger partial charge on any atom is -0.344 e. The van der Waals surface area contributed by atoms with Crippen molar-refractivity contribution in [1.82, 2.24) is 15.5 Å². The Hall–Kier alpha value is -3.55. The lowest BCUT2D eigenvalue weighted by Crippen LogP contribution is -2.31.